The number of hydrogen-bond donors (Lipinski definition) is 2. The highest BCUT2D eigenvalue weighted by atomic mass is 31.2. The van der Waals surface area contributed by atoms with E-state index in [4.69, 9.17) is 24.3 Å². The van der Waals surface area contributed by atoms with Gasteiger partial charge in [-0.1, -0.05) is 194 Å². The largest absolute Gasteiger partial charge is 0.472 e. The number of esters is 2. The molecule has 2 atom stereocenters. The van der Waals surface area contributed by atoms with Crippen LogP contribution >= 0.6 is 7.82 Å². The number of ether oxygens (including phenoxy) is 2. The zero-order valence-corrected chi connectivity index (χ0v) is 41.8. The summed E-state index contributed by atoms with van der Waals surface area (Å²) in [5.41, 5.74) is 5.36. The molecule has 0 spiro atoms. The van der Waals surface area contributed by atoms with Crippen molar-refractivity contribution < 1.29 is 37.6 Å². The predicted molar refractivity (Wildman–Crippen MR) is 275 cm³/mol. The van der Waals surface area contributed by atoms with E-state index in [1.807, 2.05) is 0 Å². The minimum atomic E-state index is -4.39. The van der Waals surface area contributed by atoms with Crippen molar-refractivity contribution in [1.29, 1.82) is 0 Å². The molecule has 0 saturated heterocycles. The summed E-state index contributed by atoms with van der Waals surface area (Å²) >= 11 is 0. The molecule has 0 rings (SSSR count). The van der Waals surface area contributed by atoms with Crippen LogP contribution in [0.4, 0.5) is 0 Å². The summed E-state index contributed by atoms with van der Waals surface area (Å²) in [7, 11) is -4.39. The van der Waals surface area contributed by atoms with Gasteiger partial charge >= 0.3 is 19.8 Å². The monoisotopic (exact) mass is 926 g/mol. The molecule has 0 aromatic carbocycles. The molecule has 0 aromatic rings. The lowest BCUT2D eigenvalue weighted by atomic mass is 10.1. The van der Waals surface area contributed by atoms with Gasteiger partial charge < -0.3 is 20.1 Å². The minimum absolute atomic E-state index is 0.0448. The van der Waals surface area contributed by atoms with E-state index >= 15 is 0 Å². The predicted octanol–water partition coefficient (Wildman–Crippen LogP) is 15.5. The van der Waals surface area contributed by atoms with E-state index in [-0.39, 0.29) is 32.6 Å². The van der Waals surface area contributed by atoms with Crippen molar-refractivity contribution in [2.75, 3.05) is 26.4 Å². The molecule has 0 aliphatic rings. The van der Waals surface area contributed by atoms with Crippen molar-refractivity contribution >= 4 is 19.8 Å². The van der Waals surface area contributed by atoms with Gasteiger partial charge in [0.2, 0.25) is 0 Å². The van der Waals surface area contributed by atoms with Crippen LogP contribution in [0.3, 0.4) is 0 Å². The van der Waals surface area contributed by atoms with Crippen molar-refractivity contribution in [1.82, 2.24) is 0 Å². The lowest BCUT2D eigenvalue weighted by Gasteiger charge is -2.19. The molecule has 0 aliphatic carbocycles. The second kappa shape index (κ2) is 50.1. The van der Waals surface area contributed by atoms with E-state index in [2.05, 4.69) is 123 Å². The highest BCUT2D eigenvalue weighted by Crippen LogP contribution is 2.43. The van der Waals surface area contributed by atoms with E-state index in [0.717, 1.165) is 116 Å². The summed E-state index contributed by atoms with van der Waals surface area (Å²) < 4.78 is 32.8. The second-order valence-electron chi connectivity index (χ2n) is 16.3. The van der Waals surface area contributed by atoms with E-state index in [0.29, 0.717) is 12.8 Å². The van der Waals surface area contributed by atoms with Crippen LogP contribution in [0.25, 0.3) is 0 Å². The van der Waals surface area contributed by atoms with Crippen LogP contribution in [0.5, 0.6) is 0 Å². The Bertz CT molecular complexity index is 1430. The Morgan fingerprint density at radius 3 is 1.26 bits per heavy atom. The van der Waals surface area contributed by atoms with Crippen molar-refractivity contribution in [3.8, 4) is 0 Å². The third-order valence-corrected chi connectivity index (χ3v) is 11.1. The molecule has 9 nitrogen and oxygen atoms in total. The molecule has 65 heavy (non-hydrogen) atoms. The van der Waals surface area contributed by atoms with Gasteiger partial charge in [0.05, 0.1) is 13.2 Å². The Morgan fingerprint density at radius 1 is 0.477 bits per heavy atom. The average Bonchev–Trinajstić information content (AvgIpc) is 3.30. The molecule has 0 saturated carbocycles. The molecular weight excluding hydrogens is 834 g/mol. The summed E-state index contributed by atoms with van der Waals surface area (Å²) in [4.78, 5) is 35.0. The van der Waals surface area contributed by atoms with Crippen LogP contribution < -0.4 is 5.73 Å². The zero-order valence-electron chi connectivity index (χ0n) is 40.9. The zero-order chi connectivity index (χ0) is 47.4. The van der Waals surface area contributed by atoms with Crippen LogP contribution in [0.2, 0.25) is 0 Å². The summed E-state index contributed by atoms with van der Waals surface area (Å²) in [6.45, 7) is 3.51. The Balaban J connectivity index is 4.05. The molecule has 0 aromatic heterocycles. The summed E-state index contributed by atoms with van der Waals surface area (Å²) in [5.74, 6) is -0.860. The quantitative estimate of drug-likeness (QED) is 0.0265. The van der Waals surface area contributed by atoms with E-state index in [9.17, 15) is 19.0 Å². The Kier molecular flexibility index (Phi) is 47.5. The fourth-order valence-electron chi connectivity index (χ4n) is 6.42. The van der Waals surface area contributed by atoms with Crippen LogP contribution in [0.1, 0.15) is 194 Å². The van der Waals surface area contributed by atoms with Gasteiger partial charge in [-0.15, -0.1) is 0 Å². The minimum Gasteiger partial charge on any atom is -0.462 e. The van der Waals surface area contributed by atoms with Crippen LogP contribution in [-0.4, -0.2) is 49.3 Å². The molecule has 0 fully saturated rings. The number of carbonyl (C=O) groups excluding carboxylic acids is 2. The maximum Gasteiger partial charge on any atom is 0.472 e. The van der Waals surface area contributed by atoms with Crippen molar-refractivity contribution in [2.45, 2.75) is 200 Å². The Hall–Kier alpha value is -3.33. The molecule has 370 valence electrons. The Labute approximate surface area is 397 Å². The first kappa shape index (κ1) is 61.7. The first-order chi connectivity index (χ1) is 31.8. The number of phosphoric ester groups is 1. The number of unbranched alkanes of at least 4 members (excludes halogenated alkanes) is 15. The summed E-state index contributed by atoms with van der Waals surface area (Å²) in [6, 6.07) is 0. The van der Waals surface area contributed by atoms with Gasteiger partial charge in [-0.25, -0.2) is 4.57 Å². The number of phosphoric acid groups is 1. The molecule has 3 N–H and O–H groups in total. The van der Waals surface area contributed by atoms with Crippen LogP contribution in [0.15, 0.2) is 109 Å². The maximum atomic E-state index is 12.6. The van der Waals surface area contributed by atoms with Crippen LogP contribution in [0, 0.1) is 0 Å². The Morgan fingerprint density at radius 2 is 0.846 bits per heavy atom. The van der Waals surface area contributed by atoms with Crippen LogP contribution in [-0.2, 0) is 32.7 Å². The van der Waals surface area contributed by atoms with E-state index < -0.39 is 32.5 Å². The smallest absolute Gasteiger partial charge is 0.462 e. The molecule has 0 aliphatic heterocycles. The van der Waals surface area contributed by atoms with Gasteiger partial charge in [0.1, 0.15) is 6.61 Å². The molecule has 0 radical (unpaired) electrons. The molecule has 0 bridgehead atoms. The van der Waals surface area contributed by atoms with Gasteiger partial charge in [0, 0.05) is 19.4 Å². The van der Waals surface area contributed by atoms with E-state index in [1.54, 1.807) is 0 Å². The number of carbonyl (C=O) groups is 2. The topological polar surface area (TPSA) is 134 Å². The first-order valence-corrected chi connectivity index (χ1v) is 26.9. The number of hydrogen-bond acceptors (Lipinski definition) is 8. The SMILES string of the molecule is CC/C=C\C/C=C\C/C=C\C/C=C\C/C=C\C/C=C\C/C=C\CCCCCCCCCCCC(=O)OC(COC(=O)CCCCCCC/C=C\C/C=C\CCC)COP(=O)(O)OCCN. The lowest BCUT2D eigenvalue weighted by molar-refractivity contribution is -0.161. The first-order valence-electron chi connectivity index (χ1n) is 25.4. The third kappa shape index (κ3) is 49.9. The van der Waals surface area contributed by atoms with Crippen molar-refractivity contribution in [3.05, 3.63) is 109 Å². The highest BCUT2D eigenvalue weighted by molar-refractivity contribution is 7.47. The van der Waals surface area contributed by atoms with Gasteiger partial charge in [0.25, 0.3) is 0 Å². The molecular formula is C55H92NO8P. The molecule has 0 amide bonds. The van der Waals surface area contributed by atoms with E-state index in [1.165, 1.54) is 38.5 Å². The third-order valence-electron chi connectivity index (χ3n) is 10.1. The number of allylic oxidation sites excluding steroid dienone is 18. The molecule has 2 unspecified atom stereocenters. The fourth-order valence-corrected chi connectivity index (χ4v) is 7.18. The second-order valence-corrected chi connectivity index (χ2v) is 17.8. The highest BCUT2D eigenvalue weighted by Gasteiger charge is 2.26. The van der Waals surface area contributed by atoms with Gasteiger partial charge in [-0.3, -0.25) is 18.6 Å². The molecule has 10 heteroatoms. The average molecular weight is 926 g/mol. The summed E-state index contributed by atoms with van der Waals surface area (Å²) in [5, 5.41) is 0. The number of nitrogens with two attached hydrogens (primary N) is 1. The van der Waals surface area contributed by atoms with Crippen molar-refractivity contribution in [2.24, 2.45) is 5.73 Å². The normalized spacial score (nSPS) is 14.1. The van der Waals surface area contributed by atoms with Gasteiger partial charge in [0.15, 0.2) is 6.10 Å². The maximum absolute atomic E-state index is 12.6. The van der Waals surface area contributed by atoms with Gasteiger partial charge in [-0.05, 0) is 96.3 Å². The fraction of sp³-hybridized carbons (Fsp3) is 0.636. The number of rotatable bonds is 46. The lowest BCUT2D eigenvalue weighted by Crippen LogP contribution is -2.29. The van der Waals surface area contributed by atoms with Gasteiger partial charge in [-0.2, -0.15) is 0 Å². The van der Waals surface area contributed by atoms with Crippen molar-refractivity contribution in [3.63, 3.8) is 0 Å². The standard InChI is InChI=1S/C55H92NO8P/c1-3-5-7-9-11-13-15-17-18-19-20-21-22-23-24-25-26-27-28-29-30-31-32-33-34-36-38-40-42-44-46-48-55(58)64-53(52-63-65(59,60)62-50-49-56)51-61-54(57)47-45-43-41-39-37-35-16-14-12-10-8-6-4-2/h5,7-8,10-11,13-14,16-18,20-21,23-24,26-27,29-30,53H,3-4,6,9,12,15,19,22,25,28,31-52,56H2,1-2H3,(H,59,60)/b7-5-,10-8-,13-11-,16-14-,18-17-,21-20-,24-23-,27-26-,30-29-. The molecule has 0 heterocycles. The summed E-state index contributed by atoms with van der Waals surface area (Å²) in [6.07, 6.45) is 67.0.